The SMILES string of the molecule is CNCCCC[C@@H]1NC(=O)[C@@H](Cc2ccc(C(N)=O)cc2)NC(=O)[C@H](Cc2ccc(O)cc2)CC(=O)[C@H](NC(=O)[C@H](Cc2ccc(Cl)cc2)NC(=O)c2ccco2)CSSC[C@@H](C(=O)N[C@H](Cc2ccc(O)cc2)C(N)=O)NC(=O)[C@H]([C@@H](C)O)NC1=O. The predicted octanol–water partition coefficient (Wildman–Crippen LogP) is 1.65. The van der Waals surface area contributed by atoms with Crippen LogP contribution < -0.4 is 54.0 Å². The first-order chi connectivity index (χ1) is 41.6. The highest BCUT2D eigenvalue weighted by molar-refractivity contribution is 8.76. The molecule has 0 saturated carbocycles. The number of ketones is 1. The van der Waals surface area contributed by atoms with E-state index in [1.807, 2.05) is 0 Å². The lowest BCUT2D eigenvalue weighted by atomic mass is 9.90. The van der Waals surface area contributed by atoms with Gasteiger partial charge >= 0.3 is 0 Å². The Balaban J connectivity index is 1.43. The van der Waals surface area contributed by atoms with Crippen molar-refractivity contribution in [2.24, 2.45) is 17.4 Å². The zero-order chi connectivity index (χ0) is 63.2. The molecule has 5 aromatic rings. The molecule has 464 valence electrons. The van der Waals surface area contributed by atoms with Gasteiger partial charge in [-0.25, -0.2) is 0 Å². The van der Waals surface area contributed by atoms with E-state index in [1.165, 1.54) is 98.1 Å². The van der Waals surface area contributed by atoms with Crippen molar-refractivity contribution in [2.45, 2.75) is 107 Å². The molecule has 6 rings (SSSR count). The number of aromatic hydroxyl groups is 2. The molecule has 2 heterocycles. The predicted molar refractivity (Wildman–Crippen MR) is 326 cm³/mol. The average molecular weight is 1260 g/mol. The Bertz CT molecular complexity index is 3180. The molecule has 4 aromatic carbocycles. The van der Waals surface area contributed by atoms with Crippen molar-refractivity contribution in [1.29, 1.82) is 0 Å². The maximum absolute atomic E-state index is 15.1. The molecule has 1 aliphatic heterocycles. The second-order valence-electron chi connectivity index (χ2n) is 20.8. The molecule has 27 heteroatoms. The third-order valence-corrected chi connectivity index (χ3v) is 16.7. The molecule has 15 N–H and O–H groups in total. The summed E-state index contributed by atoms with van der Waals surface area (Å²) in [6.07, 6.45) is -0.782. The van der Waals surface area contributed by atoms with E-state index in [9.17, 15) is 53.7 Å². The number of carbonyl (C=O) groups excluding carboxylic acids is 10. The average Bonchev–Trinajstić information content (AvgIpc) is 3.55. The number of nitrogens with two attached hydrogens (primary N) is 2. The van der Waals surface area contributed by atoms with Crippen LogP contribution in [0.1, 0.15) is 75.8 Å². The Hall–Kier alpha value is -8.43. The summed E-state index contributed by atoms with van der Waals surface area (Å²) in [6.45, 7) is 1.73. The van der Waals surface area contributed by atoms with E-state index < -0.39 is 120 Å². The molecular formula is C60H71ClN10O14S2. The van der Waals surface area contributed by atoms with Gasteiger partial charge < -0.3 is 73.7 Å². The van der Waals surface area contributed by atoms with Gasteiger partial charge in [0.05, 0.1) is 18.4 Å². The molecule has 0 bridgehead atoms. The van der Waals surface area contributed by atoms with Crippen molar-refractivity contribution in [3.8, 4) is 11.5 Å². The van der Waals surface area contributed by atoms with Gasteiger partial charge in [-0.3, -0.25) is 47.9 Å². The minimum atomic E-state index is -1.78. The van der Waals surface area contributed by atoms with E-state index >= 15 is 9.59 Å². The smallest absolute Gasteiger partial charge is 0.287 e. The highest BCUT2D eigenvalue weighted by atomic mass is 35.5. The largest absolute Gasteiger partial charge is 0.508 e. The van der Waals surface area contributed by atoms with Gasteiger partial charge in [-0.1, -0.05) is 81.7 Å². The monoisotopic (exact) mass is 1250 g/mol. The van der Waals surface area contributed by atoms with Crippen molar-refractivity contribution in [2.75, 3.05) is 25.1 Å². The quantitative estimate of drug-likeness (QED) is 0.0346. The van der Waals surface area contributed by atoms with Crippen LogP contribution in [-0.2, 0) is 64.0 Å². The molecule has 1 fully saturated rings. The molecule has 1 aromatic heterocycles. The molecule has 1 aliphatic rings. The van der Waals surface area contributed by atoms with Gasteiger partial charge in [0.25, 0.3) is 5.91 Å². The van der Waals surface area contributed by atoms with E-state index in [0.29, 0.717) is 46.7 Å². The fourth-order valence-electron chi connectivity index (χ4n) is 9.18. The number of primary amides is 2. The normalized spacial score (nSPS) is 20.2. The summed E-state index contributed by atoms with van der Waals surface area (Å²) in [6, 6.07) is 16.3. The summed E-state index contributed by atoms with van der Waals surface area (Å²) >= 11 is 6.18. The molecule has 87 heavy (non-hydrogen) atoms. The van der Waals surface area contributed by atoms with Crippen molar-refractivity contribution in [3.05, 3.63) is 154 Å². The van der Waals surface area contributed by atoms with Gasteiger partial charge in [0, 0.05) is 53.7 Å². The summed E-state index contributed by atoms with van der Waals surface area (Å²) in [4.78, 5) is 141. The Morgan fingerprint density at radius 1 is 0.678 bits per heavy atom. The number of carbonyl (C=O) groups is 10. The molecule has 9 amide bonds. The van der Waals surface area contributed by atoms with E-state index in [2.05, 4.69) is 42.5 Å². The van der Waals surface area contributed by atoms with Gasteiger partial charge in [-0.2, -0.15) is 0 Å². The van der Waals surface area contributed by atoms with Gasteiger partial charge in [0.2, 0.25) is 47.3 Å². The Morgan fingerprint density at radius 3 is 1.85 bits per heavy atom. The van der Waals surface area contributed by atoms with E-state index in [4.69, 9.17) is 27.5 Å². The number of halogens is 1. The molecule has 24 nitrogen and oxygen atoms in total. The van der Waals surface area contributed by atoms with Gasteiger partial charge in [-0.15, -0.1) is 0 Å². The van der Waals surface area contributed by atoms with E-state index in [1.54, 1.807) is 31.3 Å². The Labute approximate surface area is 514 Å². The minimum absolute atomic E-state index is 0.0199. The third-order valence-electron chi connectivity index (χ3n) is 14.1. The maximum Gasteiger partial charge on any atom is 0.287 e. The number of rotatable bonds is 22. The summed E-state index contributed by atoms with van der Waals surface area (Å²) in [7, 11) is 3.61. The Morgan fingerprint density at radius 2 is 1.25 bits per heavy atom. The van der Waals surface area contributed by atoms with Crippen molar-refractivity contribution < 1.29 is 67.7 Å². The lowest BCUT2D eigenvalue weighted by Crippen LogP contribution is -2.62. The second-order valence-corrected chi connectivity index (χ2v) is 23.8. The number of benzene rings is 4. The minimum Gasteiger partial charge on any atom is -0.508 e. The first-order valence-corrected chi connectivity index (χ1v) is 30.7. The molecule has 0 unspecified atom stereocenters. The van der Waals surface area contributed by atoms with Gasteiger partial charge in [0.15, 0.2) is 11.5 Å². The zero-order valence-corrected chi connectivity index (χ0v) is 50.0. The number of phenolic OH excluding ortho intramolecular Hbond substituents is 2. The van der Waals surface area contributed by atoms with Crippen LogP contribution in [0.2, 0.25) is 5.02 Å². The highest BCUT2D eigenvalue weighted by Crippen LogP contribution is 2.26. The molecule has 0 spiro atoms. The first-order valence-electron chi connectivity index (χ1n) is 27.8. The molecule has 9 atom stereocenters. The zero-order valence-electron chi connectivity index (χ0n) is 47.6. The summed E-state index contributed by atoms with van der Waals surface area (Å²) in [5, 5.41) is 53.2. The topological polar surface area (TPSA) is 393 Å². The van der Waals surface area contributed by atoms with Crippen LogP contribution >= 0.6 is 33.2 Å². The summed E-state index contributed by atoms with van der Waals surface area (Å²) in [5.41, 5.74) is 13.4. The lowest BCUT2D eigenvalue weighted by molar-refractivity contribution is -0.137. The molecular weight excluding hydrogens is 1180 g/mol. The third kappa shape index (κ3) is 21.5. The number of hydrogen-bond donors (Lipinski definition) is 13. The fourth-order valence-corrected chi connectivity index (χ4v) is 11.7. The molecule has 0 radical (unpaired) electrons. The van der Waals surface area contributed by atoms with Crippen LogP contribution in [0.25, 0.3) is 0 Å². The van der Waals surface area contributed by atoms with Crippen LogP contribution in [-0.4, -0.2) is 148 Å². The second kappa shape index (κ2) is 33.5. The number of aliphatic hydroxyl groups excluding tert-OH is 1. The summed E-state index contributed by atoms with van der Waals surface area (Å²) in [5.74, 6) is -10.9. The van der Waals surface area contributed by atoms with Crippen LogP contribution in [0.15, 0.2) is 120 Å². The summed E-state index contributed by atoms with van der Waals surface area (Å²) < 4.78 is 5.30. The number of nitrogens with one attached hydrogen (secondary N) is 8. The number of hydrogen-bond acceptors (Lipinski definition) is 17. The Kier molecular flexibility index (Phi) is 26.0. The standard InChI is InChI=1S/C60H71ClN10O14S2/c1-33(72)51-60(84)70-48(58(82)66-44(53(63)77)27-37-14-22-42(74)23-15-37)32-87-86-31-47(69-57(81)46(29-36-10-18-40(61)19-11-36)68-59(83)50-7-5-25-85-50)49(75)30-39(26-34-12-20-41(73)21-13-34)54(78)67-45(28-35-8-16-38(17-9-35)52(62)76)56(80)65-43(55(79)71-51)6-3-4-24-64-2/h5,7-23,25,33,39,43-48,51,64,72-74H,3-4,6,24,26-32H2,1-2H3,(H2,62,76)(H2,63,77)(H,65,80)(H,66,82)(H,67,78)(H,68,83)(H,69,81)(H,70,84)(H,71,79)/t33-,39-,43+,44-,45-,46+,47-,48+,51+/m1/s1. The molecule has 0 aliphatic carbocycles. The van der Waals surface area contributed by atoms with Crippen LogP contribution in [0.3, 0.4) is 0 Å². The maximum atomic E-state index is 15.1. The lowest BCUT2D eigenvalue weighted by Gasteiger charge is -2.29. The number of Topliss-reactive ketones (excluding diaryl/α,β-unsaturated/α-hetero) is 1. The number of amides is 9. The van der Waals surface area contributed by atoms with Gasteiger partial charge in [0.1, 0.15) is 47.8 Å². The van der Waals surface area contributed by atoms with Crippen molar-refractivity contribution in [3.63, 3.8) is 0 Å². The number of unbranched alkanes of at least 4 members (excludes halogenated alkanes) is 1. The number of phenols is 2. The van der Waals surface area contributed by atoms with Crippen molar-refractivity contribution in [1.82, 2.24) is 42.5 Å². The highest BCUT2D eigenvalue weighted by Gasteiger charge is 2.37. The van der Waals surface area contributed by atoms with Gasteiger partial charge in [-0.05, 0) is 129 Å². The van der Waals surface area contributed by atoms with Crippen molar-refractivity contribution >= 4 is 92.1 Å². The van der Waals surface area contributed by atoms with Crippen LogP contribution in [0.5, 0.6) is 11.5 Å². The first kappa shape index (κ1) is 67.7. The van der Waals surface area contributed by atoms with E-state index in [-0.39, 0.29) is 66.4 Å². The van der Waals surface area contributed by atoms with Crippen LogP contribution in [0.4, 0.5) is 0 Å². The fraction of sp³-hybridized carbons (Fsp3) is 0.367. The number of furan rings is 1. The van der Waals surface area contributed by atoms with E-state index in [0.717, 1.165) is 21.6 Å². The van der Waals surface area contributed by atoms with Crippen LogP contribution in [0, 0.1) is 5.92 Å². The number of aliphatic hydroxyl groups is 1. The molecule has 1 saturated heterocycles.